The molecule has 0 saturated heterocycles. The van der Waals surface area contributed by atoms with Gasteiger partial charge in [-0.15, -0.1) is 0 Å². The average Bonchev–Trinajstić information content (AvgIpc) is 2.78. The van der Waals surface area contributed by atoms with E-state index in [2.05, 4.69) is 63.6 Å². The molecule has 2 aromatic heterocycles. The molecule has 0 unspecified atom stereocenters. The summed E-state index contributed by atoms with van der Waals surface area (Å²) in [4.78, 5) is 9.31. The number of hydrogen-bond acceptors (Lipinski definition) is 4. The van der Waals surface area contributed by atoms with Crippen LogP contribution in [0.2, 0.25) is 0 Å². The fraction of sp³-hybridized carbons (Fsp3) is 0.227. The van der Waals surface area contributed by atoms with Gasteiger partial charge in [0.1, 0.15) is 5.82 Å². The molecule has 27 heavy (non-hydrogen) atoms. The molecule has 3 aromatic rings. The molecule has 0 amide bonds. The van der Waals surface area contributed by atoms with Crippen LogP contribution >= 0.6 is 0 Å². The molecular weight excluding hydrogens is 334 g/mol. The molecule has 1 aromatic carbocycles. The number of nitrogens with zero attached hydrogens (tertiary/aromatic N) is 3. The van der Waals surface area contributed by atoms with Crippen molar-refractivity contribution >= 4 is 5.82 Å². The van der Waals surface area contributed by atoms with Crippen LogP contribution in [0.1, 0.15) is 23.7 Å². The molecule has 5 nitrogen and oxygen atoms in total. The summed E-state index contributed by atoms with van der Waals surface area (Å²) in [7, 11) is 1.86. The minimum absolute atomic E-state index is 0.753. The highest BCUT2D eigenvalue weighted by Crippen LogP contribution is 2.27. The van der Waals surface area contributed by atoms with Gasteiger partial charge in [-0.3, -0.25) is 10.1 Å². The monoisotopic (exact) mass is 359 g/mol. The Kier molecular flexibility index (Phi) is 5.81. The maximum absolute atomic E-state index is 4.69. The lowest BCUT2D eigenvalue weighted by Crippen LogP contribution is -1.96. The van der Waals surface area contributed by atoms with E-state index in [4.69, 9.17) is 0 Å². The van der Waals surface area contributed by atoms with Crippen LogP contribution in [0, 0.1) is 13.8 Å². The highest BCUT2D eigenvalue weighted by Gasteiger charge is 2.07. The van der Waals surface area contributed by atoms with Crippen LogP contribution in [0.4, 0.5) is 5.82 Å². The van der Waals surface area contributed by atoms with Crippen molar-refractivity contribution < 1.29 is 0 Å². The highest BCUT2D eigenvalue weighted by atomic mass is 15.1. The van der Waals surface area contributed by atoms with E-state index in [0.717, 1.165) is 40.3 Å². The van der Waals surface area contributed by atoms with Gasteiger partial charge in [0, 0.05) is 41.8 Å². The Balaban J connectivity index is 2.05. The number of hydrogen-bond donors (Lipinski definition) is 2. The summed E-state index contributed by atoms with van der Waals surface area (Å²) >= 11 is 0. The number of aromatic amines is 1. The van der Waals surface area contributed by atoms with Gasteiger partial charge in [-0.1, -0.05) is 25.1 Å². The van der Waals surface area contributed by atoms with E-state index >= 15 is 0 Å². The molecule has 0 aliphatic heterocycles. The molecule has 0 aliphatic carbocycles. The second-order valence-corrected chi connectivity index (χ2v) is 6.41. The van der Waals surface area contributed by atoms with Crippen LogP contribution < -0.4 is 5.32 Å². The van der Waals surface area contributed by atoms with Crippen LogP contribution in [-0.4, -0.2) is 27.2 Å². The van der Waals surface area contributed by atoms with Crippen molar-refractivity contribution in [3.8, 4) is 22.4 Å². The first-order valence-electron chi connectivity index (χ1n) is 9.11. The zero-order valence-electron chi connectivity index (χ0n) is 16.2. The topological polar surface area (TPSA) is 66.5 Å². The molecule has 2 N–H and O–H groups in total. The van der Waals surface area contributed by atoms with Crippen molar-refractivity contribution in [1.82, 2.24) is 20.2 Å². The summed E-state index contributed by atoms with van der Waals surface area (Å²) < 4.78 is 0. The van der Waals surface area contributed by atoms with Crippen molar-refractivity contribution in [2.75, 3.05) is 12.4 Å². The first-order chi connectivity index (χ1) is 13.1. The van der Waals surface area contributed by atoms with Crippen LogP contribution in [0.5, 0.6) is 0 Å². The van der Waals surface area contributed by atoms with Crippen LogP contribution in [0.15, 0.2) is 55.0 Å². The third-order valence-corrected chi connectivity index (χ3v) is 4.55. The highest BCUT2D eigenvalue weighted by molar-refractivity contribution is 5.74. The summed E-state index contributed by atoms with van der Waals surface area (Å²) in [6, 6.07) is 12.5. The van der Waals surface area contributed by atoms with Gasteiger partial charge in [-0.05, 0) is 49.6 Å². The predicted octanol–water partition coefficient (Wildman–Crippen LogP) is 4.88. The maximum atomic E-state index is 4.69. The van der Waals surface area contributed by atoms with E-state index in [9.17, 15) is 0 Å². The second kappa shape index (κ2) is 8.45. The molecule has 0 fully saturated rings. The van der Waals surface area contributed by atoms with Gasteiger partial charge >= 0.3 is 0 Å². The summed E-state index contributed by atoms with van der Waals surface area (Å²) in [6.07, 6.45) is 6.41. The van der Waals surface area contributed by atoms with Gasteiger partial charge in [0.25, 0.3) is 0 Å². The van der Waals surface area contributed by atoms with Gasteiger partial charge in [0.05, 0.1) is 11.9 Å². The van der Waals surface area contributed by atoms with Crippen LogP contribution in [-0.2, 0) is 6.42 Å². The van der Waals surface area contributed by atoms with Gasteiger partial charge in [0.2, 0.25) is 0 Å². The van der Waals surface area contributed by atoms with Crippen molar-refractivity contribution in [2.24, 2.45) is 0 Å². The van der Waals surface area contributed by atoms with Crippen molar-refractivity contribution in [3.63, 3.8) is 0 Å². The van der Waals surface area contributed by atoms with Gasteiger partial charge in [0.15, 0.2) is 0 Å². The third kappa shape index (κ3) is 4.31. The number of nitrogens with one attached hydrogen (secondary N) is 2. The lowest BCUT2D eigenvalue weighted by Gasteiger charge is -2.09. The van der Waals surface area contributed by atoms with E-state index in [-0.39, 0.29) is 0 Å². The zero-order chi connectivity index (χ0) is 19.2. The SMILES string of the molecule is CCc1cc(-c2ccc(-c3cn[nH]ccc(C)nc3NC)cn2)ccc1C. The van der Waals surface area contributed by atoms with Gasteiger partial charge < -0.3 is 5.32 Å². The smallest absolute Gasteiger partial charge is 0.135 e. The second-order valence-electron chi connectivity index (χ2n) is 6.41. The number of anilines is 1. The Bertz CT molecular complexity index is 972. The summed E-state index contributed by atoms with van der Waals surface area (Å²) in [5.74, 6) is 0.753. The number of aromatic nitrogens is 4. The minimum atomic E-state index is 0.753. The average molecular weight is 359 g/mol. The number of rotatable bonds is 4. The lowest BCUT2D eigenvalue weighted by molar-refractivity contribution is 1.05. The Morgan fingerprint density at radius 1 is 1.00 bits per heavy atom. The molecule has 138 valence electrons. The standard InChI is InChI=1S/C22H25N5/c1-5-17-12-18(7-6-15(17)2)21-9-8-19(13-24-21)20-14-26-25-11-10-16(3)27-22(20)23-4/h6-14,23,25H,5H2,1-4H3. The van der Waals surface area contributed by atoms with Crippen LogP contribution in [0.25, 0.3) is 22.4 Å². The van der Waals surface area contributed by atoms with E-state index in [0.29, 0.717) is 0 Å². The Morgan fingerprint density at radius 2 is 1.81 bits per heavy atom. The fourth-order valence-corrected chi connectivity index (χ4v) is 2.98. The van der Waals surface area contributed by atoms with Gasteiger partial charge in [-0.2, -0.15) is 5.10 Å². The number of pyridine rings is 1. The number of H-pyrrole nitrogens is 1. The molecule has 5 heteroatoms. The number of benzene rings is 1. The first kappa shape index (κ1) is 18.6. The largest absolute Gasteiger partial charge is 0.373 e. The predicted molar refractivity (Wildman–Crippen MR) is 111 cm³/mol. The van der Waals surface area contributed by atoms with Crippen molar-refractivity contribution in [2.45, 2.75) is 27.2 Å². The summed E-state index contributed by atoms with van der Waals surface area (Å²) in [6.45, 7) is 6.27. The van der Waals surface area contributed by atoms with Crippen molar-refractivity contribution in [1.29, 1.82) is 0 Å². The molecule has 2 heterocycles. The Hall–Kier alpha value is -3.21. The molecule has 3 rings (SSSR count). The zero-order valence-corrected chi connectivity index (χ0v) is 16.2. The molecule has 0 bridgehead atoms. The quantitative estimate of drug-likeness (QED) is 0.697. The Labute approximate surface area is 160 Å². The minimum Gasteiger partial charge on any atom is -0.373 e. The third-order valence-electron chi connectivity index (χ3n) is 4.55. The van der Waals surface area contributed by atoms with E-state index in [1.807, 2.05) is 32.3 Å². The first-order valence-corrected chi connectivity index (χ1v) is 9.11. The van der Waals surface area contributed by atoms with E-state index in [1.165, 1.54) is 11.1 Å². The van der Waals surface area contributed by atoms with Crippen molar-refractivity contribution in [3.05, 3.63) is 71.8 Å². The molecule has 0 aliphatic rings. The maximum Gasteiger partial charge on any atom is 0.135 e. The molecule has 0 atom stereocenters. The Morgan fingerprint density at radius 3 is 2.52 bits per heavy atom. The fourth-order valence-electron chi connectivity index (χ4n) is 2.98. The number of aryl methyl sites for hydroxylation is 3. The summed E-state index contributed by atoms with van der Waals surface area (Å²) in [5, 5.41) is 10.3. The van der Waals surface area contributed by atoms with E-state index < -0.39 is 0 Å². The lowest BCUT2D eigenvalue weighted by atomic mass is 10.0. The normalized spacial score (nSPS) is 10.4. The molecule has 0 spiro atoms. The molecular formula is C22H25N5. The van der Waals surface area contributed by atoms with Gasteiger partial charge in [-0.25, -0.2) is 4.98 Å². The summed E-state index contributed by atoms with van der Waals surface area (Å²) in [5.41, 5.74) is 7.48. The molecule has 0 saturated carbocycles. The molecule has 0 radical (unpaired) electrons. The van der Waals surface area contributed by atoms with Crippen LogP contribution in [0.3, 0.4) is 0 Å². The van der Waals surface area contributed by atoms with E-state index in [1.54, 1.807) is 12.4 Å².